The maximum atomic E-state index is 13.4. The molecule has 28 heavy (non-hydrogen) atoms. The second-order valence-electron chi connectivity index (χ2n) is 7.82. The van der Waals surface area contributed by atoms with Crippen LogP contribution in [-0.2, 0) is 11.2 Å². The minimum atomic E-state index is -0.515. The number of piperazine rings is 1. The van der Waals surface area contributed by atoms with E-state index in [2.05, 4.69) is 20.4 Å². The van der Waals surface area contributed by atoms with Crippen molar-refractivity contribution >= 4 is 5.91 Å². The Hall–Kier alpha value is -2.35. The van der Waals surface area contributed by atoms with Crippen LogP contribution >= 0.6 is 0 Å². The highest BCUT2D eigenvalue weighted by Crippen LogP contribution is 2.25. The lowest BCUT2D eigenvalue weighted by Crippen LogP contribution is -2.53. The summed E-state index contributed by atoms with van der Waals surface area (Å²) in [5, 5.41) is 11.7. The minimum absolute atomic E-state index is 0.0331. The molecule has 2 aromatic rings. The number of halogens is 1. The van der Waals surface area contributed by atoms with E-state index >= 15 is 0 Å². The molecule has 2 fully saturated rings. The maximum absolute atomic E-state index is 13.4. The highest BCUT2D eigenvalue weighted by molar-refractivity contribution is 5.81. The quantitative estimate of drug-likeness (QED) is 0.786. The number of aromatic nitrogens is 4. The van der Waals surface area contributed by atoms with Gasteiger partial charge in [-0.1, -0.05) is 25.0 Å². The molecule has 1 aliphatic heterocycles. The van der Waals surface area contributed by atoms with Crippen LogP contribution < -0.4 is 0 Å². The summed E-state index contributed by atoms with van der Waals surface area (Å²) in [5.41, 5.74) is 0.888. The fourth-order valence-corrected chi connectivity index (χ4v) is 4.44. The molecule has 1 aromatic carbocycles. The van der Waals surface area contributed by atoms with E-state index in [9.17, 15) is 9.18 Å². The lowest BCUT2D eigenvalue weighted by molar-refractivity contribution is -0.137. The number of carbonyl (C=O) groups excluding carboxylic acids is 1. The number of amides is 1. The van der Waals surface area contributed by atoms with E-state index in [1.54, 1.807) is 23.7 Å². The number of benzene rings is 1. The van der Waals surface area contributed by atoms with Gasteiger partial charge in [0.05, 0.1) is 0 Å². The van der Waals surface area contributed by atoms with Crippen LogP contribution in [0.3, 0.4) is 0 Å². The first-order chi connectivity index (χ1) is 13.6. The van der Waals surface area contributed by atoms with Crippen LogP contribution in [0.2, 0.25) is 0 Å². The van der Waals surface area contributed by atoms with Gasteiger partial charge >= 0.3 is 0 Å². The van der Waals surface area contributed by atoms with Gasteiger partial charge in [-0.15, -0.1) is 5.10 Å². The number of nitrogens with zero attached hydrogens (tertiary/aromatic N) is 6. The van der Waals surface area contributed by atoms with Crippen molar-refractivity contribution in [1.29, 1.82) is 0 Å². The van der Waals surface area contributed by atoms with Crippen LogP contribution in [0.15, 0.2) is 24.3 Å². The molecule has 1 aromatic heterocycles. The van der Waals surface area contributed by atoms with Crippen molar-refractivity contribution in [2.24, 2.45) is 0 Å². The Morgan fingerprint density at radius 2 is 1.82 bits per heavy atom. The summed E-state index contributed by atoms with van der Waals surface area (Å²) in [4.78, 5) is 17.8. The lowest BCUT2D eigenvalue weighted by Gasteiger charge is -2.39. The van der Waals surface area contributed by atoms with Crippen molar-refractivity contribution in [3.05, 3.63) is 41.5 Å². The van der Waals surface area contributed by atoms with Crippen molar-refractivity contribution in [2.75, 3.05) is 26.2 Å². The lowest BCUT2D eigenvalue weighted by atomic mass is 10.0. The summed E-state index contributed by atoms with van der Waals surface area (Å²) in [6, 6.07) is 6.45. The highest BCUT2D eigenvalue weighted by Gasteiger charge is 2.32. The van der Waals surface area contributed by atoms with E-state index in [-0.39, 0.29) is 11.7 Å². The van der Waals surface area contributed by atoms with Gasteiger partial charge in [-0.2, -0.15) is 0 Å². The molecule has 1 atom stereocenters. The van der Waals surface area contributed by atoms with Crippen molar-refractivity contribution in [3.8, 4) is 0 Å². The number of hydrogen-bond donors (Lipinski definition) is 0. The van der Waals surface area contributed by atoms with Crippen LogP contribution in [0.1, 0.15) is 43.1 Å². The first-order valence-electron chi connectivity index (χ1n) is 10.1. The molecule has 1 saturated heterocycles. The van der Waals surface area contributed by atoms with Crippen molar-refractivity contribution in [2.45, 2.75) is 51.1 Å². The number of carbonyl (C=O) groups is 1. The van der Waals surface area contributed by atoms with Crippen molar-refractivity contribution < 1.29 is 9.18 Å². The standard InChI is InChI=1S/C20H27FN6O/c1-15-22-23-24-27(15)19(14-16-6-8-17(21)9-7-16)20(28)26-12-10-25(11-13-26)18-4-2-3-5-18/h6-9,18-19H,2-5,10-14H2,1H3. The summed E-state index contributed by atoms with van der Waals surface area (Å²) in [6.07, 6.45) is 5.65. The van der Waals surface area contributed by atoms with E-state index in [1.807, 2.05) is 4.90 Å². The van der Waals surface area contributed by atoms with Crippen LogP contribution in [0.5, 0.6) is 0 Å². The van der Waals surface area contributed by atoms with Gasteiger partial charge in [0, 0.05) is 38.6 Å². The topological polar surface area (TPSA) is 67.2 Å². The number of hydrogen-bond acceptors (Lipinski definition) is 5. The van der Waals surface area contributed by atoms with Gasteiger partial charge in [-0.3, -0.25) is 9.69 Å². The minimum Gasteiger partial charge on any atom is -0.338 e. The smallest absolute Gasteiger partial charge is 0.248 e. The summed E-state index contributed by atoms with van der Waals surface area (Å²) >= 11 is 0. The zero-order valence-corrected chi connectivity index (χ0v) is 16.3. The van der Waals surface area contributed by atoms with Gasteiger partial charge in [-0.05, 0) is 47.9 Å². The summed E-state index contributed by atoms with van der Waals surface area (Å²) in [6.45, 7) is 5.11. The molecular formula is C20H27FN6O. The van der Waals surface area contributed by atoms with Gasteiger partial charge < -0.3 is 4.90 Å². The third kappa shape index (κ3) is 4.06. The monoisotopic (exact) mass is 386 g/mol. The highest BCUT2D eigenvalue weighted by atomic mass is 19.1. The molecule has 0 spiro atoms. The second kappa shape index (κ2) is 8.34. The molecule has 150 valence electrons. The van der Waals surface area contributed by atoms with Gasteiger partial charge in [0.25, 0.3) is 0 Å². The Morgan fingerprint density at radius 1 is 1.14 bits per heavy atom. The molecule has 2 aliphatic rings. The first kappa shape index (κ1) is 19.0. The van der Waals surface area contributed by atoms with E-state index in [0.717, 1.165) is 31.7 Å². The molecule has 0 radical (unpaired) electrons. The molecule has 2 heterocycles. The van der Waals surface area contributed by atoms with Crippen LogP contribution in [0, 0.1) is 12.7 Å². The Kier molecular flexibility index (Phi) is 5.66. The predicted molar refractivity (Wildman–Crippen MR) is 102 cm³/mol. The van der Waals surface area contributed by atoms with Gasteiger partial charge in [0.2, 0.25) is 5.91 Å². The fraction of sp³-hybridized carbons (Fsp3) is 0.600. The zero-order valence-electron chi connectivity index (χ0n) is 16.3. The molecule has 1 aliphatic carbocycles. The second-order valence-corrected chi connectivity index (χ2v) is 7.82. The van der Waals surface area contributed by atoms with Gasteiger partial charge in [-0.25, -0.2) is 9.07 Å². The molecule has 0 bridgehead atoms. The predicted octanol–water partition coefficient (Wildman–Crippen LogP) is 1.99. The van der Waals surface area contributed by atoms with E-state index in [0.29, 0.717) is 18.3 Å². The fourth-order valence-electron chi connectivity index (χ4n) is 4.44. The maximum Gasteiger partial charge on any atom is 0.248 e. The number of aryl methyl sites for hydroxylation is 1. The molecule has 8 heteroatoms. The number of tetrazole rings is 1. The first-order valence-corrected chi connectivity index (χ1v) is 10.1. The summed E-state index contributed by atoms with van der Waals surface area (Å²) in [7, 11) is 0. The Morgan fingerprint density at radius 3 is 2.43 bits per heavy atom. The van der Waals surface area contributed by atoms with Crippen molar-refractivity contribution in [3.63, 3.8) is 0 Å². The third-order valence-corrected chi connectivity index (χ3v) is 6.05. The van der Waals surface area contributed by atoms with E-state index in [4.69, 9.17) is 0 Å². The Balaban J connectivity index is 1.47. The van der Waals surface area contributed by atoms with E-state index < -0.39 is 6.04 Å². The van der Waals surface area contributed by atoms with Crippen LogP contribution in [0.25, 0.3) is 0 Å². The molecule has 7 nitrogen and oxygen atoms in total. The SMILES string of the molecule is Cc1nnnn1C(Cc1ccc(F)cc1)C(=O)N1CCN(C2CCCC2)CC1. The molecule has 1 saturated carbocycles. The Labute approximate surface area is 164 Å². The van der Waals surface area contributed by atoms with Crippen molar-refractivity contribution in [1.82, 2.24) is 30.0 Å². The molecule has 0 N–H and O–H groups in total. The zero-order chi connectivity index (χ0) is 19.5. The average molecular weight is 386 g/mol. The summed E-state index contributed by atoms with van der Waals surface area (Å²) < 4.78 is 14.9. The third-order valence-electron chi connectivity index (χ3n) is 6.05. The Bertz CT molecular complexity index is 793. The molecular weight excluding hydrogens is 359 g/mol. The molecule has 1 unspecified atom stereocenters. The average Bonchev–Trinajstić information content (AvgIpc) is 3.39. The van der Waals surface area contributed by atoms with E-state index in [1.165, 1.54) is 37.8 Å². The van der Waals surface area contributed by atoms with Crippen LogP contribution in [-0.4, -0.2) is 68.1 Å². The normalized spacial score (nSPS) is 19.9. The largest absolute Gasteiger partial charge is 0.338 e. The molecule has 4 rings (SSSR count). The molecule has 1 amide bonds. The van der Waals surface area contributed by atoms with Crippen LogP contribution in [0.4, 0.5) is 4.39 Å². The van der Waals surface area contributed by atoms with Gasteiger partial charge in [0.1, 0.15) is 17.7 Å². The van der Waals surface area contributed by atoms with Gasteiger partial charge in [0.15, 0.2) is 0 Å². The summed E-state index contributed by atoms with van der Waals surface area (Å²) in [5.74, 6) is 0.351. The number of rotatable bonds is 5.